The second-order valence-electron chi connectivity index (χ2n) is 6.14. The number of aromatic hydroxyl groups is 1. The molecular weight excluding hydrogens is 337 g/mol. The molecule has 0 spiro atoms. The predicted molar refractivity (Wildman–Crippen MR) is 94.3 cm³/mol. The van der Waals surface area contributed by atoms with E-state index in [4.69, 9.17) is 0 Å². The van der Waals surface area contributed by atoms with Crippen LogP contribution in [0.4, 0.5) is 4.39 Å². The SMILES string of the molecule is O=c1[nH]c(=O)n(-c2ccc(F)cc2)c(O)c1[C@@H]1NCCc2ccccc21. The normalized spacial score (nSPS) is 16.3. The van der Waals surface area contributed by atoms with Crippen molar-refractivity contribution in [2.75, 3.05) is 6.54 Å². The largest absolute Gasteiger partial charge is 0.494 e. The lowest BCUT2D eigenvalue weighted by Gasteiger charge is -2.27. The Balaban J connectivity index is 1.94. The lowest BCUT2D eigenvalue weighted by molar-refractivity contribution is 0.410. The predicted octanol–water partition coefficient (Wildman–Crippen LogP) is 1.61. The van der Waals surface area contributed by atoms with Gasteiger partial charge in [0.25, 0.3) is 5.56 Å². The third-order valence-electron chi connectivity index (χ3n) is 4.60. The summed E-state index contributed by atoms with van der Waals surface area (Å²) in [5.74, 6) is -0.923. The molecule has 0 saturated carbocycles. The van der Waals surface area contributed by atoms with Crippen LogP contribution in [0.25, 0.3) is 5.69 Å². The zero-order valence-corrected chi connectivity index (χ0v) is 13.7. The molecule has 132 valence electrons. The van der Waals surface area contributed by atoms with Gasteiger partial charge in [0.05, 0.1) is 17.3 Å². The Morgan fingerprint density at radius 1 is 1.08 bits per heavy atom. The number of benzene rings is 2. The molecule has 0 aliphatic carbocycles. The molecule has 26 heavy (non-hydrogen) atoms. The molecule has 1 atom stereocenters. The van der Waals surface area contributed by atoms with E-state index in [1.54, 1.807) is 0 Å². The standard InChI is InChI=1S/C19H16FN3O3/c20-12-5-7-13(8-6-12)23-18(25)15(17(24)22-19(23)26)16-14-4-2-1-3-11(14)9-10-21-16/h1-8,16,21,25H,9-10H2,(H,22,24,26)/t16-/m1/s1. The molecule has 3 aromatic rings. The molecule has 1 aromatic heterocycles. The van der Waals surface area contributed by atoms with Gasteiger partial charge in [-0.05, 0) is 41.8 Å². The van der Waals surface area contributed by atoms with Crippen LogP contribution < -0.4 is 16.6 Å². The minimum Gasteiger partial charge on any atom is -0.494 e. The van der Waals surface area contributed by atoms with Crippen molar-refractivity contribution in [2.45, 2.75) is 12.5 Å². The van der Waals surface area contributed by atoms with Gasteiger partial charge in [-0.25, -0.2) is 13.8 Å². The van der Waals surface area contributed by atoms with E-state index in [2.05, 4.69) is 10.3 Å². The summed E-state index contributed by atoms with van der Waals surface area (Å²) in [6, 6.07) is 12.2. The Kier molecular flexibility index (Phi) is 3.93. The van der Waals surface area contributed by atoms with Crippen LogP contribution in [0, 0.1) is 5.82 Å². The zero-order chi connectivity index (χ0) is 18.3. The van der Waals surface area contributed by atoms with E-state index in [1.807, 2.05) is 24.3 Å². The average Bonchev–Trinajstić information content (AvgIpc) is 2.63. The van der Waals surface area contributed by atoms with Gasteiger partial charge in [0.15, 0.2) is 0 Å². The summed E-state index contributed by atoms with van der Waals surface area (Å²) in [5, 5.41) is 14.0. The van der Waals surface area contributed by atoms with Gasteiger partial charge in [-0.3, -0.25) is 9.78 Å². The molecule has 1 aliphatic heterocycles. The number of hydrogen-bond donors (Lipinski definition) is 3. The Bertz CT molecular complexity index is 1090. The van der Waals surface area contributed by atoms with Crippen LogP contribution in [0.2, 0.25) is 0 Å². The van der Waals surface area contributed by atoms with Crippen LogP contribution in [-0.2, 0) is 6.42 Å². The highest BCUT2D eigenvalue weighted by molar-refractivity contribution is 5.45. The highest BCUT2D eigenvalue weighted by atomic mass is 19.1. The number of aromatic amines is 1. The van der Waals surface area contributed by atoms with Crippen molar-refractivity contribution in [1.29, 1.82) is 0 Å². The van der Waals surface area contributed by atoms with Crippen LogP contribution in [-0.4, -0.2) is 21.2 Å². The molecule has 4 rings (SSSR count). The summed E-state index contributed by atoms with van der Waals surface area (Å²) >= 11 is 0. The highest BCUT2D eigenvalue weighted by Gasteiger charge is 2.28. The van der Waals surface area contributed by atoms with Gasteiger partial charge >= 0.3 is 5.69 Å². The fourth-order valence-electron chi connectivity index (χ4n) is 3.39. The van der Waals surface area contributed by atoms with Crippen LogP contribution in [0.1, 0.15) is 22.7 Å². The third kappa shape index (κ3) is 2.62. The summed E-state index contributed by atoms with van der Waals surface area (Å²) in [4.78, 5) is 27.0. The zero-order valence-electron chi connectivity index (χ0n) is 13.7. The van der Waals surface area contributed by atoms with Gasteiger partial charge in [-0.2, -0.15) is 0 Å². The van der Waals surface area contributed by atoms with E-state index in [0.717, 1.165) is 22.1 Å². The Labute approximate surface area is 147 Å². The summed E-state index contributed by atoms with van der Waals surface area (Å²) in [7, 11) is 0. The quantitative estimate of drug-likeness (QED) is 0.653. The number of halogens is 1. The summed E-state index contributed by atoms with van der Waals surface area (Å²) in [6.07, 6.45) is 0.808. The highest BCUT2D eigenvalue weighted by Crippen LogP contribution is 2.31. The molecule has 0 bridgehead atoms. The first-order valence-corrected chi connectivity index (χ1v) is 8.21. The van der Waals surface area contributed by atoms with Gasteiger partial charge in [0.2, 0.25) is 5.88 Å². The van der Waals surface area contributed by atoms with Gasteiger partial charge in [0.1, 0.15) is 5.82 Å². The number of fused-ring (bicyclic) bond motifs is 1. The molecule has 6 nitrogen and oxygen atoms in total. The molecule has 2 heterocycles. The molecule has 0 amide bonds. The molecule has 0 fully saturated rings. The molecule has 1 aliphatic rings. The molecule has 2 aromatic carbocycles. The Morgan fingerprint density at radius 2 is 1.81 bits per heavy atom. The fraction of sp³-hybridized carbons (Fsp3) is 0.158. The van der Waals surface area contributed by atoms with Crippen molar-refractivity contribution in [3.8, 4) is 11.6 Å². The van der Waals surface area contributed by atoms with E-state index >= 15 is 0 Å². The smallest absolute Gasteiger partial charge is 0.335 e. The molecule has 0 saturated heterocycles. The maximum absolute atomic E-state index is 13.2. The van der Waals surface area contributed by atoms with E-state index in [0.29, 0.717) is 6.54 Å². The molecule has 0 radical (unpaired) electrons. The summed E-state index contributed by atoms with van der Waals surface area (Å²) in [5.41, 5.74) is 0.835. The molecular formula is C19H16FN3O3. The number of rotatable bonds is 2. The van der Waals surface area contributed by atoms with Crippen molar-refractivity contribution in [1.82, 2.24) is 14.9 Å². The first-order valence-electron chi connectivity index (χ1n) is 8.21. The van der Waals surface area contributed by atoms with E-state index < -0.39 is 29.0 Å². The first-order chi connectivity index (χ1) is 12.6. The van der Waals surface area contributed by atoms with Gasteiger partial charge in [0, 0.05) is 6.54 Å². The number of hydrogen-bond acceptors (Lipinski definition) is 4. The fourth-order valence-corrected chi connectivity index (χ4v) is 3.39. The van der Waals surface area contributed by atoms with Crippen LogP contribution in [0.15, 0.2) is 58.1 Å². The maximum Gasteiger partial charge on any atom is 0.335 e. The van der Waals surface area contributed by atoms with Gasteiger partial charge in [-0.15, -0.1) is 0 Å². The Hall–Kier alpha value is -3.19. The second kappa shape index (κ2) is 6.27. The van der Waals surface area contributed by atoms with E-state index in [-0.39, 0.29) is 11.3 Å². The minimum atomic E-state index is -0.785. The Morgan fingerprint density at radius 3 is 2.58 bits per heavy atom. The van der Waals surface area contributed by atoms with Gasteiger partial charge < -0.3 is 10.4 Å². The molecule has 3 N–H and O–H groups in total. The van der Waals surface area contributed by atoms with Crippen LogP contribution >= 0.6 is 0 Å². The van der Waals surface area contributed by atoms with Crippen molar-refractivity contribution < 1.29 is 9.50 Å². The lowest BCUT2D eigenvalue weighted by Crippen LogP contribution is -2.38. The van der Waals surface area contributed by atoms with Crippen LogP contribution in [0.5, 0.6) is 5.88 Å². The van der Waals surface area contributed by atoms with Crippen molar-refractivity contribution in [3.05, 3.63) is 91.9 Å². The average molecular weight is 353 g/mol. The number of nitrogens with zero attached hydrogens (tertiary/aromatic N) is 1. The molecule has 0 unspecified atom stereocenters. The van der Waals surface area contributed by atoms with Crippen molar-refractivity contribution >= 4 is 0 Å². The monoisotopic (exact) mass is 353 g/mol. The van der Waals surface area contributed by atoms with E-state index in [9.17, 15) is 19.1 Å². The first kappa shape index (κ1) is 16.3. The van der Waals surface area contributed by atoms with Crippen molar-refractivity contribution in [2.24, 2.45) is 0 Å². The van der Waals surface area contributed by atoms with Crippen LogP contribution in [0.3, 0.4) is 0 Å². The third-order valence-corrected chi connectivity index (χ3v) is 4.60. The number of H-pyrrole nitrogens is 1. The number of nitrogens with one attached hydrogen (secondary N) is 2. The van der Waals surface area contributed by atoms with E-state index in [1.165, 1.54) is 24.3 Å². The van der Waals surface area contributed by atoms with Gasteiger partial charge in [-0.1, -0.05) is 24.3 Å². The van der Waals surface area contributed by atoms with Crippen molar-refractivity contribution in [3.63, 3.8) is 0 Å². The summed E-state index contributed by atoms with van der Waals surface area (Å²) < 4.78 is 14.2. The molecule has 7 heteroatoms. The lowest BCUT2D eigenvalue weighted by atomic mass is 9.90. The second-order valence-corrected chi connectivity index (χ2v) is 6.14. The minimum absolute atomic E-state index is 0.0566. The number of aromatic nitrogens is 2. The summed E-state index contributed by atoms with van der Waals surface area (Å²) in [6.45, 7) is 0.635. The maximum atomic E-state index is 13.2. The topological polar surface area (TPSA) is 87.1 Å².